The highest BCUT2D eigenvalue weighted by atomic mass is 19.2. The van der Waals surface area contributed by atoms with Gasteiger partial charge in [0, 0.05) is 18.3 Å². The largest absolute Gasteiger partial charge is 0.481 e. The minimum absolute atomic E-state index is 0.0831. The summed E-state index contributed by atoms with van der Waals surface area (Å²) in [7, 11) is 0. The van der Waals surface area contributed by atoms with Crippen LogP contribution in [0.1, 0.15) is 49.9 Å². The first-order chi connectivity index (χ1) is 20.7. The van der Waals surface area contributed by atoms with Crippen LogP contribution in [0.15, 0.2) is 35.4 Å². The molecule has 1 aliphatic carbocycles. The lowest BCUT2D eigenvalue weighted by molar-refractivity contribution is -0.146. The third-order valence-electron chi connectivity index (χ3n) is 10.1. The number of nitrogens with one attached hydrogen (secondary N) is 1. The number of aliphatic carboxylic acids is 1. The second-order valence-electron chi connectivity index (χ2n) is 13.6. The van der Waals surface area contributed by atoms with E-state index in [9.17, 15) is 19.5 Å². The van der Waals surface area contributed by atoms with Crippen LogP contribution in [0.4, 0.5) is 8.78 Å². The monoisotopic (exact) mass is 608 g/mol. The summed E-state index contributed by atoms with van der Waals surface area (Å²) in [6, 6.07) is 5.93. The van der Waals surface area contributed by atoms with E-state index in [1.165, 1.54) is 6.07 Å². The van der Waals surface area contributed by atoms with Gasteiger partial charge in [0.25, 0.3) is 0 Å². The highest BCUT2D eigenvalue weighted by Gasteiger charge is 2.70. The van der Waals surface area contributed by atoms with Crippen molar-refractivity contribution in [1.82, 2.24) is 15.2 Å². The maximum Gasteiger partial charge on any atom is 0.305 e. The van der Waals surface area contributed by atoms with Gasteiger partial charge < -0.3 is 20.1 Å². The van der Waals surface area contributed by atoms with Crippen molar-refractivity contribution in [3.8, 4) is 11.1 Å². The number of likely N-dealkylation sites (tertiary alicyclic amines) is 1. The summed E-state index contributed by atoms with van der Waals surface area (Å²) < 4.78 is 35.8. The summed E-state index contributed by atoms with van der Waals surface area (Å²) in [5.74, 6) is -4.53. The minimum atomic E-state index is -1.37. The molecule has 234 valence electrons. The van der Waals surface area contributed by atoms with Crippen molar-refractivity contribution in [3.05, 3.63) is 58.7 Å². The van der Waals surface area contributed by atoms with Gasteiger partial charge in [-0.3, -0.25) is 19.4 Å². The zero-order valence-corrected chi connectivity index (χ0v) is 25.6. The molecule has 4 unspecified atom stereocenters. The van der Waals surface area contributed by atoms with E-state index in [1.807, 2.05) is 50.9 Å². The predicted molar refractivity (Wildman–Crippen MR) is 159 cm³/mol. The Hall–Kier alpha value is -3.86. The number of hydrogen-bond donors (Lipinski definition) is 2. The molecule has 3 aliphatic heterocycles. The molecule has 9 nitrogen and oxygen atoms in total. The zero-order valence-electron chi connectivity index (χ0n) is 25.6. The van der Waals surface area contributed by atoms with E-state index in [1.54, 1.807) is 18.0 Å². The number of benzene rings is 2. The highest BCUT2D eigenvalue weighted by Crippen LogP contribution is 2.65. The fourth-order valence-electron chi connectivity index (χ4n) is 7.43. The van der Waals surface area contributed by atoms with E-state index in [4.69, 9.17) is 4.74 Å². The molecule has 4 aliphatic rings. The van der Waals surface area contributed by atoms with E-state index in [0.29, 0.717) is 37.4 Å². The van der Waals surface area contributed by atoms with Crippen LogP contribution in [0, 0.1) is 48.1 Å². The van der Waals surface area contributed by atoms with Gasteiger partial charge in [-0.2, -0.15) is 5.10 Å². The third kappa shape index (κ3) is 4.95. The Morgan fingerprint density at radius 2 is 1.82 bits per heavy atom. The first kappa shape index (κ1) is 30.2. The summed E-state index contributed by atoms with van der Waals surface area (Å²) in [6.45, 7) is 11.4. The number of fused-ring (bicyclic) bond motifs is 1. The maximum absolute atomic E-state index is 15.4. The maximum atomic E-state index is 15.4. The summed E-state index contributed by atoms with van der Waals surface area (Å²) in [6.07, 6.45) is 0.960. The van der Waals surface area contributed by atoms with Gasteiger partial charge >= 0.3 is 5.97 Å². The summed E-state index contributed by atoms with van der Waals surface area (Å²) in [5, 5.41) is 18.8. The SMILES string of the molecule is Cc1cccc(C)c1-c1cc(F)c(F)c(C(CC(=O)O)NC(=O)[C@@H]2C3C(CN2C(=O)C2(C)C=NN(C4COC4)C2)C3(C)C)c1. The second kappa shape index (κ2) is 10.6. The molecule has 3 heterocycles. The van der Waals surface area contributed by atoms with Crippen molar-refractivity contribution in [2.24, 2.45) is 27.8 Å². The topological polar surface area (TPSA) is 112 Å². The van der Waals surface area contributed by atoms with Gasteiger partial charge in [0.15, 0.2) is 11.6 Å². The fraction of sp³-hybridized carbons (Fsp3) is 0.515. The average Bonchev–Trinajstić information content (AvgIpc) is 3.25. The molecule has 0 radical (unpaired) electrons. The van der Waals surface area contributed by atoms with Crippen molar-refractivity contribution in [2.45, 2.75) is 59.2 Å². The smallest absolute Gasteiger partial charge is 0.305 e. The van der Waals surface area contributed by atoms with E-state index in [-0.39, 0.29) is 34.8 Å². The lowest BCUT2D eigenvalue weighted by atomic mass is 9.88. The van der Waals surface area contributed by atoms with Crippen molar-refractivity contribution in [2.75, 3.05) is 26.3 Å². The van der Waals surface area contributed by atoms with E-state index in [2.05, 4.69) is 10.4 Å². The molecule has 2 saturated heterocycles. The minimum Gasteiger partial charge on any atom is -0.481 e. The molecule has 44 heavy (non-hydrogen) atoms. The number of nitrogens with zero attached hydrogens (tertiary/aromatic N) is 3. The molecule has 6 rings (SSSR count). The number of hydrogen-bond acceptors (Lipinski definition) is 6. The van der Waals surface area contributed by atoms with E-state index < -0.39 is 47.4 Å². The molecule has 2 aromatic rings. The molecule has 0 aromatic heterocycles. The van der Waals surface area contributed by atoms with Crippen LogP contribution >= 0.6 is 0 Å². The number of ether oxygens (including phenoxy) is 1. The van der Waals surface area contributed by atoms with Crippen LogP contribution < -0.4 is 5.32 Å². The van der Waals surface area contributed by atoms with Crippen LogP contribution in [0.2, 0.25) is 0 Å². The normalized spacial score (nSPS) is 27.6. The Kier molecular flexibility index (Phi) is 7.30. The predicted octanol–water partition coefficient (Wildman–Crippen LogP) is 4.07. The Balaban J connectivity index is 1.30. The zero-order chi connectivity index (χ0) is 31.7. The van der Waals surface area contributed by atoms with Gasteiger partial charge in [-0.15, -0.1) is 0 Å². The fourth-order valence-corrected chi connectivity index (χ4v) is 7.43. The summed E-state index contributed by atoms with van der Waals surface area (Å²) >= 11 is 0. The van der Waals surface area contributed by atoms with Crippen molar-refractivity contribution >= 4 is 24.0 Å². The first-order valence-corrected chi connectivity index (χ1v) is 15.0. The standard InChI is InChI=1S/C33H38F2N4O5/c1-17-7-6-8-18(2)26(17)19-9-21(28(35)23(34)10-19)24(11-25(40)41)37-30(42)29-27-22(32(27,3)4)12-38(29)31(43)33(5)15-36-39(16-33)20-13-44-14-20/h6-10,15,20,22,24,27,29H,11-14,16H2,1-5H3,(H,37,42)(H,40,41)/t22?,24?,27?,29-,33?/m0/s1. The van der Waals surface area contributed by atoms with E-state index in [0.717, 1.165) is 17.2 Å². The Bertz CT molecular complexity index is 1550. The molecule has 11 heteroatoms. The van der Waals surface area contributed by atoms with Gasteiger partial charge in [0.05, 0.1) is 38.3 Å². The Morgan fingerprint density at radius 3 is 2.43 bits per heavy atom. The number of carbonyl (C=O) groups excluding carboxylic acids is 2. The Morgan fingerprint density at radius 1 is 1.14 bits per heavy atom. The van der Waals surface area contributed by atoms with Crippen LogP contribution in [-0.2, 0) is 19.1 Å². The number of carbonyl (C=O) groups is 3. The average molecular weight is 609 g/mol. The number of carboxylic acids is 1. The molecular formula is C33H38F2N4O5. The number of carboxylic acid groups (broad SMARTS) is 1. The lowest BCUT2D eigenvalue weighted by Gasteiger charge is -2.37. The van der Waals surface area contributed by atoms with Crippen LogP contribution in [-0.4, -0.2) is 77.4 Å². The van der Waals surface area contributed by atoms with E-state index >= 15 is 8.78 Å². The summed E-state index contributed by atoms with van der Waals surface area (Å²) in [4.78, 5) is 41.6. The van der Waals surface area contributed by atoms with Crippen molar-refractivity contribution in [1.29, 1.82) is 0 Å². The van der Waals surface area contributed by atoms with Crippen molar-refractivity contribution < 1.29 is 33.0 Å². The van der Waals surface area contributed by atoms with Gasteiger partial charge in [-0.05, 0) is 72.4 Å². The highest BCUT2D eigenvalue weighted by molar-refractivity contribution is 6.02. The molecule has 3 fully saturated rings. The molecule has 2 N–H and O–H groups in total. The molecular weight excluding hydrogens is 570 g/mol. The van der Waals surface area contributed by atoms with Gasteiger partial charge in [0.1, 0.15) is 11.5 Å². The third-order valence-corrected chi connectivity index (χ3v) is 10.1. The van der Waals surface area contributed by atoms with Gasteiger partial charge in [0.2, 0.25) is 11.8 Å². The number of halogens is 2. The van der Waals surface area contributed by atoms with Crippen LogP contribution in [0.5, 0.6) is 0 Å². The van der Waals surface area contributed by atoms with Crippen LogP contribution in [0.3, 0.4) is 0 Å². The quantitative estimate of drug-likeness (QED) is 0.468. The molecule has 5 atom stereocenters. The Labute approximate surface area is 255 Å². The molecule has 0 spiro atoms. The number of rotatable bonds is 8. The van der Waals surface area contributed by atoms with Crippen molar-refractivity contribution in [3.63, 3.8) is 0 Å². The summed E-state index contributed by atoms with van der Waals surface area (Å²) in [5.41, 5.74) is 1.36. The lowest BCUT2D eigenvalue weighted by Crippen LogP contribution is -2.56. The number of hydrazone groups is 1. The van der Waals surface area contributed by atoms with Gasteiger partial charge in [-0.1, -0.05) is 32.0 Å². The number of aryl methyl sites for hydroxylation is 2. The van der Waals surface area contributed by atoms with Crippen LogP contribution in [0.25, 0.3) is 11.1 Å². The molecule has 2 aromatic carbocycles. The second-order valence-corrected chi connectivity index (χ2v) is 13.6. The molecule has 0 bridgehead atoms. The van der Waals surface area contributed by atoms with Gasteiger partial charge in [-0.25, -0.2) is 8.78 Å². The first-order valence-electron chi connectivity index (χ1n) is 15.0. The number of amides is 2. The number of piperidine rings is 1. The molecule has 1 saturated carbocycles. The molecule has 2 amide bonds.